The number of rotatable bonds is 5. The summed E-state index contributed by atoms with van der Waals surface area (Å²) in [6.45, 7) is 6.35. The molecule has 6 heteroatoms. The van der Waals surface area contributed by atoms with Crippen LogP contribution in [0.2, 0.25) is 0 Å². The average Bonchev–Trinajstić information content (AvgIpc) is 2.70. The van der Waals surface area contributed by atoms with Crippen LogP contribution in [-0.4, -0.2) is 50.9 Å². The van der Waals surface area contributed by atoms with E-state index in [2.05, 4.69) is 17.9 Å². The molecule has 2 aliphatic rings. The van der Waals surface area contributed by atoms with Crippen LogP contribution in [0.3, 0.4) is 0 Å². The molecule has 2 aliphatic heterocycles. The Labute approximate surface area is 162 Å². The highest BCUT2D eigenvalue weighted by Crippen LogP contribution is 2.42. The summed E-state index contributed by atoms with van der Waals surface area (Å²) in [7, 11) is 1.65. The van der Waals surface area contributed by atoms with Crippen molar-refractivity contribution in [2.24, 2.45) is 5.41 Å². The fraction of sp³-hybridized carbons (Fsp3) is 0.667. The monoisotopic (exact) mass is 375 g/mol. The fourth-order valence-corrected chi connectivity index (χ4v) is 4.19. The van der Waals surface area contributed by atoms with Gasteiger partial charge in [0.25, 0.3) is 0 Å². The predicted octanol–water partition coefficient (Wildman–Crippen LogP) is 3.90. The first-order valence-corrected chi connectivity index (χ1v) is 10.2. The molecule has 0 aromatic heterocycles. The lowest BCUT2D eigenvalue weighted by atomic mass is 9.71. The Bertz CT molecular complexity index is 632. The van der Waals surface area contributed by atoms with Crippen molar-refractivity contribution in [2.75, 3.05) is 50.5 Å². The number of likely N-dealkylation sites (tertiary alicyclic amines) is 1. The normalized spacial score (nSPS) is 19.2. The molecule has 3 rings (SSSR count). The molecule has 1 spiro atoms. The number of anilines is 2. The maximum atomic E-state index is 12.1. The Balaban J connectivity index is 1.50. The molecule has 0 aliphatic carbocycles. The Kier molecular flexibility index (Phi) is 6.34. The first-order valence-electron chi connectivity index (χ1n) is 10.2. The van der Waals surface area contributed by atoms with Crippen molar-refractivity contribution in [3.63, 3.8) is 0 Å². The highest BCUT2D eigenvalue weighted by molar-refractivity contribution is 5.67. The van der Waals surface area contributed by atoms with Crippen LogP contribution in [0.4, 0.5) is 16.2 Å². The fourth-order valence-electron chi connectivity index (χ4n) is 4.19. The minimum Gasteiger partial charge on any atom is -0.495 e. The van der Waals surface area contributed by atoms with E-state index in [0.717, 1.165) is 57.6 Å². The van der Waals surface area contributed by atoms with Crippen LogP contribution in [0.5, 0.6) is 5.75 Å². The average molecular weight is 376 g/mol. The molecule has 27 heavy (non-hydrogen) atoms. The smallest absolute Gasteiger partial charge is 0.409 e. The highest BCUT2D eigenvalue weighted by Gasteiger charge is 2.39. The van der Waals surface area contributed by atoms with Crippen LogP contribution >= 0.6 is 0 Å². The number of carbonyl (C=O) groups excluding carboxylic acids is 1. The number of hydrogen-bond donors (Lipinski definition) is 1. The van der Waals surface area contributed by atoms with Crippen molar-refractivity contribution in [1.82, 2.24) is 4.90 Å². The first-order chi connectivity index (χ1) is 13.1. The van der Waals surface area contributed by atoms with E-state index in [9.17, 15) is 4.79 Å². The number of amides is 1. The number of piperidine rings is 2. The molecule has 0 unspecified atom stereocenters. The number of hydrogen-bond acceptors (Lipinski definition) is 5. The molecule has 2 fully saturated rings. The van der Waals surface area contributed by atoms with E-state index < -0.39 is 0 Å². The van der Waals surface area contributed by atoms with Gasteiger partial charge in [-0.15, -0.1) is 0 Å². The highest BCUT2D eigenvalue weighted by atomic mass is 16.6. The second-order valence-corrected chi connectivity index (χ2v) is 7.87. The van der Waals surface area contributed by atoms with Crippen LogP contribution in [0.25, 0.3) is 0 Å². The maximum Gasteiger partial charge on any atom is 0.409 e. The number of carbonyl (C=O) groups is 1. The van der Waals surface area contributed by atoms with Gasteiger partial charge in [0.2, 0.25) is 0 Å². The molecule has 0 bridgehead atoms. The number of benzene rings is 1. The van der Waals surface area contributed by atoms with E-state index in [1.165, 1.54) is 18.5 Å². The molecule has 6 nitrogen and oxygen atoms in total. The zero-order chi connectivity index (χ0) is 19.3. The third-order valence-electron chi connectivity index (χ3n) is 6.21. The van der Waals surface area contributed by atoms with Crippen LogP contribution in [0.15, 0.2) is 18.2 Å². The molecule has 1 aromatic rings. The topological polar surface area (TPSA) is 68.0 Å². The molecule has 0 saturated carbocycles. The van der Waals surface area contributed by atoms with Gasteiger partial charge in [0, 0.05) is 37.9 Å². The standard InChI is InChI=1S/C21H33N3O3/c1-3-4-15-27-20(25)24-13-9-21(10-14-24)7-11-23(12-8-21)17-5-6-18(22)19(16-17)26-2/h5-6,16H,3-4,7-15,22H2,1-2H3. The lowest BCUT2D eigenvalue weighted by Crippen LogP contribution is -2.48. The molecule has 0 radical (unpaired) electrons. The van der Waals surface area contributed by atoms with Gasteiger partial charge in [0.1, 0.15) is 5.75 Å². The van der Waals surface area contributed by atoms with E-state index in [-0.39, 0.29) is 6.09 Å². The van der Waals surface area contributed by atoms with Crippen LogP contribution in [0, 0.1) is 5.41 Å². The summed E-state index contributed by atoms with van der Waals surface area (Å²) in [5.74, 6) is 0.739. The van der Waals surface area contributed by atoms with Crippen molar-refractivity contribution >= 4 is 17.5 Å². The molecular formula is C21H33N3O3. The summed E-state index contributed by atoms with van der Waals surface area (Å²) in [4.78, 5) is 16.4. The third kappa shape index (κ3) is 4.60. The summed E-state index contributed by atoms with van der Waals surface area (Å²) in [6, 6.07) is 6.02. The van der Waals surface area contributed by atoms with E-state index in [1.54, 1.807) is 7.11 Å². The van der Waals surface area contributed by atoms with Crippen molar-refractivity contribution in [3.05, 3.63) is 18.2 Å². The second-order valence-electron chi connectivity index (χ2n) is 7.87. The van der Waals surface area contributed by atoms with Gasteiger partial charge in [0.15, 0.2) is 0 Å². The van der Waals surface area contributed by atoms with Crippen LogP contribution < -0.4 is 15.4 Å². The molecule has 1 aromatic carbocycles. The number of nitrogens with zero attached hydrogens (tertiary/aromatic N) is 2. The summed E-state index contributed by atoms with van der Waals surface area (Å²) < 4.78 is 10.7. The van der Waals surface area contributed by atoms with E-state index >= 15 is 0 Å². The Morgan fingerprint density at radius 1 is 1.15 bits per heavy atom. The molecular weight excluding hydrogens is 342 g/mol. The van der Waals surface area contributed by atoms with Gasteiger partial charge in [-0.25, -0.2) is 4.79 Å². The Morgan fingerprint density at radius 3 is 2.44 bits per heavy atom. The lowest BCUT2D eigenvalue weighted by Gasteiger charge is -2.47. The number of nitrogens with two attached hydrogens (primary N) is 1. The van der Waals surface area contributed by atoms with E-state index in [1.807, 2.05) is 17.0 Å². The Hall–Kier alpha value is -2.11. The largest absolute Gasteiger partial charge is 0.495 e. The molecule has 0 atom stereocenters. The quantitative estimate of drug-likeness (QED) is 0.624. The zero-order valence-corrected chi connectivity index (χ0v) is 16.7. The molecule has 2 heterocycles. The first kappa shape index (κ1) is 19.6. The lowest BCUT2D eigenvalue weighted by molar-refractivity contribution is 0.0544. The van der Waals surface area contributed by atoms with Crippen molar-refractivity contribution in [3.8, 4) is 5.75 Å². The molecule has 2 N–H and O–H groups in total. The summed E-state index contributed by atoms with van der Waals surface area (Å²) in [5.41, 5.74) is 8.15. The number of nitrogen functional groups attached to an aromatic ring is 1. The second kappa shape index (κ2) is 8.72. The van der Waals surface area contributed by atoms with Gasteiger partial charge in [-0.1, -0.05) is 13.3 Å². The van der Waals surface area contributed by atoms with Crippen molar-refractivity contribution < 1.29 is 14.3 Å². The van der Waals surface area contributed by atoms with Gasteiger partial charge >= 0.3 is 6.09 Å². The summed E-state index contributed by atoms with van der Waals surface area (Å²) >= 11 is 0. The molecule has 1 amide bonds. The van der Waals surface area contributed by atoms with Gasteiger partial charge in [0.05, 0.1) is 19.4 Å². The number of methoxy groups -OCH3 is 1. The van der Waals surface area contributed by atoms with Gasteiger partial charge in [-0.3, -0.25) is 0 Å². The maximum absolute atomic E-state index is 12.1. The Morgan fingerprint density at radius 2 is 1.81 bits per heavy atom. The summed E-state index contributed by atoms with van der Waals surface area (Å²) in [5, 5.41) is 0. The summed E-state index contributed by atoms with van der Waals surface area (Å²) in [6.07, 6.45) is 6.34. The number of ether oxygens (including phenoxy) is 2. The SMILES string of the molecule is CCCCOC(=O)N1CCC2(CC1)CCN(c1ccc(N)c(OC)c1)CC2. The van der Waals surface area contributed by atoms with Crippen molar-refractivity contribution in [1.29, 1.82) is 0 Å². The number of unbranched alkanes of at least 4 members (excludes halogenated alkanes) is 1. The van der Waals surface area contributed by atoms with E-state index in [4.69, 9.17) is 15.2 Å². The minimum absolute atomic E-state index is 0.135. The van der Waals surface area contributed by atoms with Gasteiger partial charge in [-0.2, -0.15) is 0 Å². The van der Waals surface area contributed by atoms with Crippen LogP contribution in [0.1, 0.15) is 45.4 Å². The third-order valence-corrected chi connectivity index (χ3v) is 6.21. The minimum atomic E-state index is -0.135. The van der Waals surface area contributed by atoms with Crippen molar-refractivity contribution in [2.45, 2.75) is 45.4 Å². The molecule has 150 valence electrons. The van der Waals surface area contributed by atoms with Gasteiger partial charge in [-0.05, 0) is 49.7 Å². The van der Waals surface area contributed by atoms with Crippen LogP contribution in [-0.2, 0) is 4.74 Å². The zero-order valence-electron chi connectivity index (χ0n) is 16.7. The molecule has 2 saturated heterocycles. The van der Waals surface area contributed by atoms with Gasteiger partial charge < -0.3 is 25.0 Å². The predicted molar refractivity (Wildman–Crippen MR) is 108 cm³/mol. The van der Waals surface area contributed by atoms with E-state index in [0.29, 0.717) is 17.7 Å².